The predicted octanol–water partition coefficient (Wildman–Crippen LogP) is 1.50. The quantitative estimate of drug-likeness (QED) is 0.579. The summed E-state index contributed by atoms with van der Waals surface area (Å²) in [5.74, 6) is 1.16. The van der Waals surface area contributed by atoms with Crippen LogP contribution in [-0.2, 0) is 4.74 Å². The molecule has 1 aliphatic carbocycles. The summed E-state index contributed by atoms with van der Waals surface area (Å²) in [6, 6.07) is 0.698. The van der Waals surface area contributed by atoms with Crippen LogP contribution in [-0.4, -0.2) is 30.8 Å². The van der Waals surface area contributed by atoms with Crippen molar-refractivity contribution in [2.24, 2.45) is 22.1 Å². The third-order valence-corrected chi connectivity index (χ3v) is 4.32. The van der Waals surface area contributed by atoms with Gasteiger partial charge in [0.05, 0.1) is 12.1 Å². The van der Waals surface area contributed by atoms with E-state index in [-0.39, 0.29) is 5.41 Å². The molecule has 4 nitrogen and oxygen atoms in total. The molecule has 0 aromatic carbocycles. The van der Waals surface area contributed by atoms with Crippen molar-refractivity contribution < 1.29 is 4.74 Å². The molecule has 17 heavy (non-hydrogen) atoms. The van der Waals surface area contributed by atoms with Crippen molar-refractivity contribution >= 4 is 5.96 Å². The second-order valence-corrected chi connectivity index (χ2v) is 5.98. The summed E-state index contributed by atoms with van der Waals surface area (Å²) in [5.41, 5.74) is 6.09. The Kier molecular flexibility index (Phi) is 3.34. The van der Waals surface area contributed by atoms with Crippen molar-refractivity contribution in [3.63, 3.8) is 0 Å². The fraction of sp³-hybridized carbons (Fsp3) is 0.923. The lowest BCUT2D eigenvalue weighted by atomic mass is 9.57. The van der Waals surface area contributed by atoms with Gasteiger partial charge in [0.25, 0.3) is 0 Å². The number of nitrogens with zero attached hydrogens (tertiary/aromatic N) is 1. The van der Waals surface area contributed by atoms with E-state index < -0.39 is 0 Å². The van der Waals surface area contributed by atoms with Crippen LogP contribution in [0, 0.1) is 11.3 Å². The summed E-state index contributed by atoms with van der Waals surface area (Å²) in [4.78, 5) is 4.67. The Labute approximate surface area is 104 Å². The molecule has 3 N–H and O–H groups in total. The zero-order chi connectivity index (χ0) is 12.6. The predicted molar refractivity (Wildman–Crippen MR) is 69.9 cm³/mol. The minimum absolute atomic E-state index is 0.128. The summed E-state index contributed by atoms with van der Waals surface area (Å²) in [6.07, 6.45) is 2.56. The Morgan fingerprint density at radius 3 is 2.94 bits per heavy atom. The second kappa shape index (κ2) is 4.48. The number of aliphatic imine (C=N–C) groups is 1. The zero-order valence-corrected chi connectivity index (χ0v) is 11.4. The summed E-state index contributed by atoms with van der Waals surface area (Å²) in [5, 5.41) is 3.23. The molecule has 0 bridgehead atoms. The van der Waals surface area contributed by atoms with Gasteiger partial charge in [-0.25, -0.2) is 4.99 Å². The molecular weight excluding hydrogens is 214 g/mol. The van der Waals surface area contributed by atoms with Gasteiger partial charge in [-0.05, 0) is 19.8 Å². The van der Waals surface area contributed by atoms with Crippen molar-refractivity contribution in [2.75, 3.05) is 6.61 Å². The van der Waals surface area contributed by atoms with E-state index in [1.807, 2.05) is 0 Å². The van der Waals surface area contributed by atoms with Crippen molar-refractivity contribution in [3.05, 3.63) is 0 Å². The molecule has 0 amide bonds. The number of hydrogen-bond acceptors (Lipinski definition) is 2. The first-order valence-electron chi connectivity index (χ1n) is 6.68. The van der Waals surface area contributed by atoms with E-state index in [9.17, 15) is 0 Å². The molecule has 1 saturated heterocycles. The van der Waals surface area contributed by atoms with Gasteiger partial charge in [0.2, 0.25) is 0 Å². The third kappa shape index (κ3) is 2.15. The zero-order valence-electron chi connectivity index (χ0n) is 11.4. The molecule has 2 fully saturated rings. The fourth-order valence-electron chi connectivity index (χ4n) is 3.10. The standard InChI is InChI=1S/C13H25N3O/c1-5-8(2)15-12(14)16-10-9-6-7-17-11(9)13(10,3)4/h8-11H,5-7H2,1-4H3,(H3,14,15,16). The van der Waals surface area contributed by atoms with Gasteiger partial charge in [0, 0.05) is 24.0 Å². The molecule has 0 aromatic rings. The van der Waals surface area contributed by atoms with E-state index in [2.05, 4.69) is 38.0 Å². The molecule has 1 saturated carbocycles. The van der Waals surface area contributed by atoms with E-state index in [1.54, 1.807) is 0 Å². The van der Waals surface area contributed by atoms with Crippen LogP contribution in [0.5, 0.6) is 0 Å². The fourth-order valence-corrected chi connectivity index (χ4v) is 3.10. The number of rotatable bonds is 3. The Morgan fingerprint density at radius 2 is 2.29 bits per heavy atom. The first-order valence-corrected chi connectivity index (χ1v) is 6.68. The van der Waals surface area contributed by atoms with Crippen LogP contribution in [0.1, 0.15) is 40.5 Å². The van der Waals surface area contributed by atoms with Crippen molar-refractivity contribution in [3.8, 4) is 0 Å². The molecule has 0 spiro atoms. The maximum absolute atomic E-state index is 5.96. The average Bonchev–Trinajstić information content (AvgIpc) is 2.72. The van der Waals surface area contributed by atoms with Crippen molar-refractivity contribution in [1.29, 1.82) is 0 Å². The summed E-state index contributed by atoms with van der Waals surface area (Å²) >= 11 is 0. The van der Waals surface area contributed by atoms with Gasteiger partial charge in [0.1, 0.15) is 0 Å². The number of hydrogen-bond donors (Lipinski definition) is 2. The second-order valence-electron chi connectivity index (χ2n) is 5.98. The minimum atomic E-state index is 0.128. The normalized spacial score (nSPS) is 37.2. The highest BCUT2D eigenvalue weighted by atomic mass is 16.5. The highest BCUT2D eigenvalue weighted by molar-refractivity contribution is 5.78. The van der Waals surface area contributed by atoms with E-state index in [1.165, 1.54) is 0 Å². The van der Waals surface area contributed by atoms with Crippen LogP contribution in [0.4, 0.5) is 0 Å². The summed E-state index contributed by atoms with van der Waals surface area (Å²) < 4.78 is 5.75. The number of nitrogens with two attached hydrogens (primary N) is 1. The molecule has 2 aliphatic rings. The van der Waals surface area contributed by atoms with Gasteiger partial charge >= 0.3 is 0 Å². The van der Waals surface area contributed by atoms with Crippen LogP contribution in [0.15, 0.2) is 4.99 Å². The topological polar surface area (TPSA) is 59.6 Å². The third-order valence-electron chi connectivity index (χ3n) is 4.32. The maximum atomic E-state index is 5.96. The van der Waals surface area contributed by atoms with Crippen LogP contribution < -0.4 is 11.1 Å². The minimum Gasteiger partial charge on any atom is -0.377 e. The van der Waals surface area contributed by atoms with Crippen molar-refractivity contribution in [2.45, 2.75) is 58.7 Å². The number of fused-ring (bicyclic) bond motifs is 1. The van der Waals surface area contributed by atoms with Gasteiger partial charge in [-0.3, -0.25) is 0 Å². The van der Waals surface area contributed by atoms with Crippen LogP contribution in [0.2, 0.25) is 0 Å². The van der Waals surface area contributed by atoms with Crippen molar-refractivity contribution in [1.82, 2.24) is 5.32 Å². The molecule has 2 rings (SSSR count). The lowest BCUT2D eigenvalue weighted by Crippen LogP contribution is -2.60. The molecule has 1 aliphatic heterocycles. The van der Waals surface area contributed by atoms with E-state index >= 15 is 0 Å². The molecule has 0 radical (unpaired) electrons. The Balaban J connectivity index is 2.00. The lowest BCUT2D eigenvalue weighted by Gasteiger charge is -2.52. The molecule has 98 valence electrons. The van der Waals surface area contributed by atoms with Gasteiger partial charge in [0.15, 0.2) is 5.96 Å². The highest BCUT2D eigenvalue weighted by Crippen LogP contribution is 2.53. The molecule has 4 heteroatoms. The Bertz CT molecular complexity index is 314. The van der Waals surface area contributed by atoms with Gasteiger partial charge in [-0.2, -0.15) is 0 Å². The smallest absolute Gasteiger partial charge is 0.189 e. The molecule has 1 heterocycles. The Hall–Kier alpha value is -0.770. The van der Waals surface area contributed by atoms with Gasteiger partial charge < -0.3 is 15.8 Å². The van der Waals surface area contributed by atoms with E-state index in [4.69, 9.17) is 10.5 Å². The number of guanidine groups is 1. The molecule has 0 aromatic heterocycles. The largest absolute Gasteiger partial charge is 0.377 e. The molecular formula is C13H25N3O. The highest BCUT2D eigenvalue weighted by Gasteiger charge is 2.59. The Morgan fingerprint density at radius 1 is 1.59 bits per heavy atom. The first kappa shape index (κ1) is 12.7. The summed E-state index contributed by atoms with van der Waals surface area (Å²) in [7, 11) is 0. The molecule has 4 unspecified atom stereocenters. The van der Waals surface area contributed by atoms with E-state index in [0.717, 1.165) is 19.4 Å². The van der Waals surface area contributed by atoms with Crippen LogP contribution in [0.25, 0.3) is 0 Å². The van der Waals surface area contributed by atoms with Crippen LogP contribution in [0.3, 0.4) is 0 Å². The number of ether oxygens (including phenoxy) is 1. The van der Waals surface area contributed by atoms with Gasteiger partial charge in [-0.15, -0.1) is 0 Å². The summed E-state index contributed by atoms with van der Waals surface area (Å²) in [6.45, 7) is 9.59. The first-order chi connectivity index (χ1) is 7.96. The SMILES string of the molecule is CCC(C)NC(N)=NC1C2CCOC2C1(C)C. The average molecular weight is 239 g/mol. The van der Waals surface area contributed by atoms with Gasteiger partial charge in [-0.1, -0.05) is 20.8 Å². The van der Waals surface area contributed by atoms with E-state index in [0.29, 0.717) is 30.1 Å². The lowest BCUT2D eigenvalue weighted by molar-refractivity contribution is -0.0986. The maximum Gasteiger partial charge on any atom is 0.189 e. The number of nitrogens with one attached hydrogen (secondary N) is 1. The molecule has 4 atom stereocenters. The van der Waals surface area contributed by atoms with Crippen LogP contribution >= 0.6 is 0 Å². The monoisotopic (exact) mass is 239 g/mol.